The first-order valence-corrected chi connectivity index (χ1v) is 44.1. The van der Waals surface area contributed by atoms with Gasteiger partial charge in [-0.3, -0.25) is 0 Å². The highest BCUT2D eigenvalue weighted by atomic mass is 19.4. The SMILES string of the molecule is Cc1cc(C)cc(-c2ccc3c(c2)c2ccccc2n3-c2cc(C#N)ccc2-c2cc(-c3ccc(C(F)(F)F)cc3C#N)ccc2-n2c3ccc(Cc4ccc(-c5ccc6c(c5)c5ccccc5n6-c5cc(C#N)ccc5-c5cc(-c6ccc(C(F)(F)F)cc6C#N)ccc5-n5c6ccccc6c6cc(-c7ccccc7)ccc65)c(C)c4)cc3c3cc(-c4cc(C)cc(C)c4)ccc32)c1. The summed E-state index contributed by atoms with van der Waals surface area (Å²) in [5, 5.41) is 51.1. The fourth-order valence-corrected chi connectivity index (χ4v) is 20.5. The summed E-state index contributed by atoms with van der Waals surface area (Å²) in [7, 11) is 0. The van der Waals surface area contributed by atoms with Crippen LogP contribution in [0.5, 0.6) is 0 Å². The summed E-state index contributed by atoms with van der Waals surface area (Å²) in [6.07, 6.45) is -8.82. The van der Waals surface area contributed by atoms with E-state index in [4.69, 9.17) is 0 Å². The quantitative estimate of drug-likeness (QED) is 0.101. The van der Waals surface area contributed by atoms with E-state index in [2.05, 4.69) is 271 Å². The number of hydrogen-bond donors (Lipinski definition) is 0. The number of hydrogen-bond acceptors (Lipinski definition) is 4. The normalized spacial score (nSPS) is 11.8. The van der Waals surface area contributed by atoms with E-state index in [0.717, 1.165) is 217 Å². The largest absolute Gasteiger partial charge is 0.416 e. The highest BCUT2D eigenvalue weighted by molar-refractivity contribution is 6.16. The number of alkyl halides is 6. The summed E-state index contributed by atoms with van der Waals surface area (Å²) >= 11 is 0. The summed E-state index contributed by atoms with van der Waals surface area (Å²) in [4.78, 5) is 0. The van der Waals surface area contributed by atoms with Crippen LogP contribution in [0.25, 0.3) is 199 Å². The molecule has 0 aliphatic heterocycles. The number of fused-ring (bicyclic) bond motifs is 12. The molecule has 18 aromatic carbocycles. The van der Waals surface area contributed by atoms with E-state index in [9.17, 15) is 47.4 Å². The standard InChI is InChI=1S/C120H76F6N8/c1-70-47-71(2)50-86(49-70)81-28-42-114-102(61-81)96-18-10-13-21-108(96)133(114)117-56-77(66-127)25-37-99(117)105-65-85(94-39-34-91(120(124,125)126)59-89(94)69-130)32-46-113(105)132-110-40-26-76(55-100(110)106-62-82(29-43-116(106)132)87-51-72(3)48-73(4)52-87)54-75-23-35-92(74(5)53-75)83-30-44-115-103(63-83)97-19-11-14-22-109(97)134(115)118-57-78(67-128)24-36-98(118)104-64-84(93-38-33-90(119(121,122)123)58-88(93)68-129)31-45-112(104)131-107-20-12-9-17-95(107)101-60-80(27-41-111(101)131)79-15-7-6-8-16-79/h6-53,55-65H,54H2,1-5H3. The van der Waals surface area contributed by atoms with Crippen LogP contribution in [0, 0.1) is 79.9 Å². The van der Waals surface area contributed by atoms with Gasteiger partial charge in [0.25, 0.3) is 0 Å². The van der Waals surface area contributed by atoms with E-state index < -0.39 is 23.5 Å². The molecule has 0 unspecified atom stereocenters. The lowest BCUT2D eigenvalue weighted by Gasteiger charge is -2.20. The van der Waals surface area contributed by atoms with Crippen LogP contribution in [0.15, 0.2) is 358 Å². The Morgan fingerprint density at radius 1 is 0.224 bits per heavy atom. The van der Waals surface area contributed by atoms with Crippen LogP contribution >= 0.6 is 0 Å². The molecule has 0 N–H and O–H groups in total. The molecular weight excluding hydrogens is 1670 g/mol. The first-order chi connectivity index (χ1) is 65.0. The second-order valence-corrected chi connectivity index (χ2v) is 35.0. The lowest BCUT2D eigenvalue weighted by Crippen LogP contribution is -2.05. The second kappa shape index (κ2) is 32.1. The third-order valence-corrected chi connectivity index (χ3v) is 26.4. The molecule has 0 aliphatic rings. The number of halogens is 6. The van der Waals surface area contributed by atoms with Crippen molar-refractivity contribution in [3.05, 3.63) is 430 Å². The van der Waals surface area contributed by atoms with Gasteiger partial charge in [-0.05, 0) is 276 Å². The summed E-state index contributed by atoms with van der Waals surface area (Å²) in [6, 6.07) is 126. The van der Waals surface area contributed by atoms with Gasteiger partial charge in [0.2, 0.25) is 0 Å². The number of para-hydroxylation sites is 3. The Bertz CT molecular complexity index is 8910. The average molecular weight is 1740 g/mol. The van der Waals surface area contributed by atoms with Crippen molar-refractivity contribution in [2.75, 3.05) is 0 Å². The number of rotatable bonds is 14. The molecule has 4 aromatic heterocycles. The fraction of sp³-hybridized carbons (Fsp3) is 0.0667. The predicted molar refractivity (Wildman–Crippen MR) is 529 cm³/mol. The van der Waals surface area contributed by atoms with Crippen LogP contribution in [-0.4, -0.2) is 18.3 Å². The maximum absolute atomic E-state index is 14.6. The van der Waals surface area contributed by atoms with Crippen molar-refractivity contribution in [1.29, 1.82) is 21.0 Å². The van der Waals surface area contributed by atoms with Gasteiger partial charge in [0, 0.05) is 65.3 Å². The van der Waals surface area contributed by atoms with Gasteiger partial charge in [0.15, 0.2) is 0 Å². The van der Waals surface area contributed by atoms with E-state index >= 15 is 0 Å². The Morgan fingerprint density at radius 3 is 0.970 bits per heavy atom. The van der Waals surface area contributed by atoms with E-state index in [-0.39, 0.29) is 11.1 Å². The first-order valence-electron chi connectivity index (χ1n) is 44.1. The third-order valence-electron chi connectivity index (χ3n) is 26.4. The molecule has 0 aliphatic carbocycles. The molecule has 22 rings (SSSR count). The fourth-order valence-electron chi connectivity index (χ4n) is 20.5. The second-order valence-electron chi connectivity index (χ2n) is 35.0. The minimum absolute atomic E-state index is 0.132. The predicted octanol–water partition coefficient (Wildman–Crippen LogP) is 32.1. The van der Waals surface area contributed by atoms with E-state index in [1.165, 1.54) is 12.1 Å². The van der Waals surface area contributed by atoms with Crippen LogP contribution in [0.4, 0.5) is 26.3 Å². The van der Waals surface area contributed by atoms with E-state index in [0.29, 0.717) is 62.3 Å². The third kappa shape index (κ3) is 14.2. The van der Waals surface area contributed by atoms with E-state index in [1.54, 1.807) is 12.1 Å². The van der Waals surface area contributed by atoms with Crippen molar-refractivity contribution >= 4 is 87.2 Å². The minimum atomic E-state index is -4.70. The Balaban J connectivity index is 0.676. The van der Waals surface area contributed by atoms with Crippen molar-refractivity contribution in [2.45, 2.75) is 53.4 Å². The van der Waals surface area contributed by atoms with E-state index in [1.807, 2.05) is 115 Å². The van der Waals surface area contributed by atoms with Gasteiger partial charge in [0.05, 0.1) is 125 Å². The van der Waals surface area contributed by atoms with Crippen LogP contribution < -0.4 is 0 Å². The number of aryl methyl sites for hydroxylation is 5. The lowest BCUT2D eigenvalue weighted by molar-refractivity contribution is -0.138. The molecule has 638 valence electrons. The maximum atomic E-state index is 14.6. The van der Waals surface area contributed by atoms with Gasteiger partial charge in [-0.1, -0.05) is 229 Å². The smallest absolute Gasteiger partial charge is 0.309 e. The Hall–Kier alpha value is -17.3. The van der Waals surface area contributed by atoms with Gasteiger partial charge in [-0.15, -0.1) is 0 Å². The van der Waals surface area contributed by atoms with Crippen molar-refractivity contribution in [3.63, 3.8) is 0 Å². The topological polar surface area (TPSA) is 115 Å². The van der Waals surface area contributed by atoms with Crippen molar-refractivity contribution < 1.29 is 26.3 Å². The van der Waals surface area contributed by atoms with Crippen LogP contribution in [-0.2, 0) is 18.8 Å². The summed E-state index contributed by atoms with van der Waals surface area (Å²) in [6.45, 7) is 10.5. The maximum Gasteiger partial charge on any atom is 0.416 e. The number of nitriles is 4. The molecule has 0 saturated carbocycles. The monoisotopic (exact) mass is 1740 g/mol. The van der Waals surface area contributed by atoms with Gasteiger partial charge in [-0.2, -0.15) is 47.4 Å². The Kier molecular flexibility index (Phi) is 19.7. The van der Waals surface area contributed by atoms with Crippen LogP contribution in [0.2, 0.25) is 0 Å². The van der Waals surface area contributed by atoms with Gasteiger partial charge < -0.3 is 18.3 Å². The molecule has 0 atom stereocenters. The van der Waals surface area contributed by atoms with Crippen molar-refractivity contribution in [3.8, 4) is 136 Å². The highest BCUT2D eigenvalue weighted by Gasteiger charge is 2.34. The molecule has 0 fully saturated rings. The molecule has 0 radical (unpaired) electrons. The van der Waals surface area contributed by atoms with Crippen molar-refractivity contribution in [1.82, 2.24) is 18.3 Å². The molecule has 22 aromatic rings. The summed E-state index contributed by atoms with van der Waals surface area (Å²) in [5.41, 5.74) is 29.2. The van der Waals surface area contributed by atoms with Gasteiger partial charge >= 0.3 is 12.4 Å². The zero-order valence-electron chi connectivity index (χ0n) is 73.1. The van der Waals surface area contributed by atoms with Gasteiger partial charge in [-0.25, -0.2) is 0 Å². The lowest BCUT2D eigenvalue weighted by atomic mass is 9.92. The van der Waals surface area contributed by atoms with Crippen LogP contribution in [0.3, 0.4) is 0 Å². The molecule has 134 heavy (non-hydrogen) atoms. The van der Waals surface area contributed by atoms with Crippen LogP contribution in [0.1, 0.15) is 72.3 Å². The molecule has 0 bridgehead atoms. The molecule has 0 saturated heterocycles. The molecule has 0 spiro atoms. The molecule has 14 heteroatoms. The zero-order valence-corrected chi connectivity index (χ0v) is 73.1. The molecule has 8 nitrogen and oxygen atoms in total. The molecule has 4 heterocycles. The number of benzene rings is 18. The highest BCUT2D eigenvalue weighted by Crippen LogP contribution is 2.50. The zero-order chi connectivity index (χ0) is 91.9. The summed E-state index contributed by atoms with van der Waals surface area (Å²) < 4.78 is 95.8. The minimum Gasteiger partial charge on any atom is -0.309 e. The van der Waals surface area contributed by atoms with Crippen molar-refractivity contribution in [2.24, 2.45) is 0 Å². The summed E-state index contributed by atoms with van der Waals surface area (Å²) in [5.74, 6) is 0. The molecule has 0 amide bonds. The Morgan fingerprint density at radius 2 is 0.552 bits per heavy atom. The number of nitrogens with zero attached hydrogens (tertiary/aromatic N) is 8. The van der Waals surface area contributed by atoms with Gasteiger partial charge in [0.1, 0.15) is 0 Å². The first kappa shape index (κ1) is 82.4. The number of aromatic nitrogens is 4. The average Bonchev–Trinajstić information content (AvgIpc) is 1.55. The Labute approximate surface area is 767 Å². The molecular formula is C120H76F6N8.